The molecule has 0 spiro atoms. The number of rotatable bonds is 1. The average Bonchev–Trinajstić information content (AvgIpc) is 2.82. The largest absolute Gasteiger partial charge is 0.501 e. The molecule has 0 saturated heterocycles. The van der Waals surface area contributed by atoms with Crippen molar-refractivity contribution in [3.8, 4) is 0 Å². The lowest BCUT2D eigenvalue weighted by Gasteiger charge is -2.10. The molecule has 1 aliphatic rings. The first-order chi connectivity index (χ1) is 7.45. The average molecular weight is 196 g/mol. The predicted octanol–water partition coefficient (Wildman–Crippen LogP) is 3.47. The molecular weight excluding hydrogens is 184 g/mol. The normalized spacial score (nSPS) is 19.3. The van der Waals surface area contributed by atoms with E-state index in [1.165, 1.54) is 16.3 Å². The summed E-state index contributed by atoms with van der Waals surface area (Å²) < 4.78 is 5.28. The minimum absolute atomic E-state index is 0.413. The third kappa shape index (κ3) is 1.40. The van der Waals surface area contributed by atoms with Gasteiger partial charge in [0.2, 0.25) is 0 Å². The molecule has 1 aliphatic heterocycles. The van der Waals surface area contributed by atoms with Gasteiger partial charge >= 0.3 is 0 Å². The summed E-state index contributed by atoms with van der Waals surface area (Å²) >= 11 is 0. The molecule has 1 nitrogen and oxygen atoms in total. The molecule has 0 N–H and O–H groups in total. The van der Waals surface area contributed by atoms with Crippen LogP contribution in [0.15, 0.2) is 54.8 Å². The summed E-state index contributed by atoms with van der Waals surface area (Å²) in [6.45, 7) is 0.772. The zero-order valence-electron chi connectivity index (χ0n) is 8.39. The van der Waals surface area contributed by atoms with Crippen molar-refractivity contribution in [3.05, 3.63) is 60.4 Å². The van der Waals surface area contributed by atoms with Gasteiger partial charge in [-0.2, -0.15) is 0 Å². The van der Waals surface area contributed by atoms with Gasteiger partial charge in [0.05, 0.1) is 12.9 Å². The summed E-state index contributed by atoms with van der Waals surface area (Å²) in [5.74, 6) is 0.413. The highest BCUT2D eigenvalue weighted by Gasteiger charge is 2.14. The van der Waals surface area contributed by atoms with Crippen molar-refractivity contribution < 1.29 is 4.74 Å². The topological polar surface area (TPSA) is 9.23 Å². The van der Waals surface area contributed by atoms with Gasteiger partial charge in [-0.3, -0.25) is 0 Å². The summed E-state index contributed by atoms with van der Waals surface area (Å²) in [6.07, 6.45) is 3.92. The molecule has 0 aromatic heterocycles. The van der Waals surface area contributed by atoms with Crippen molar-refractivity contribution in [2.24, 2.45) is 0 Å². The molecule has 3 rings (SSSR count). The van der Waals surface area contributed by atoms with Crippen LogP contribution in [0.1, 0.15) is 11.5 Å². The van der Waals surface area contributed by atoms with E-state index >= 15 is 0 Å². The summed E-state index contributed by atoms with van der Waals surface area (Å²) in [6, 6.07) is 14.9. The fourth-order valence-corrected chi connectivity index (χ4v) is 2.13. The Morgan fingerprint density at radius 3 is 2.73 bits per heavy atom. The van der Waals surface area contributed by atoms with Crippen molar-refractivity contribution in [3.63, 3.8) is 0 Å². The van der Waals surface area contributed by atoms with Crippen molar-refractivity contribution in [1.82, 2.24) is 0 Å². The number of benzene rings is 2. The van der Waals surface area contributed by atoms with Gasteiger partial charge in [-0.25, -0.2) is 0 Å². The maximum absolute atomic E-state index is 5.28. The molecule has 1 heterocycles. The first kappa shape index (κ1) is 8.54. The van der Waals surface area contributed by atoms with E-state index in [4.69, 9.17) is 4.74 Å². The third-order valence-electron chi connectivity index (χ3n) is 2.91. The maximum atomic E-state index is 5.28. The Hall–Kier alpha value is -1.76. The second-order valence-electron chi connectivity index (χ2n) is 3.84. The summed E-state index contributed by atoms with van der Waals surface area (Å²) in [5.41, 5.74) is 1.36. The maximum Gasteiger partial charge on any atom is 0.0977 e. The van der Waals surface area contributed by atoms with Crippen molar-refractivity contribution in [1.29, 1.82) is 0 Å². The van der Waals surface area contributed by atoms with E-state index in [2.05, 4.69) is 48.5 Å². The number of fused-ring (bicyclic) bond motifs is 1. The van der Waals surface area contributed by atoms with E-state index < -0.39 is 0 Å². The molecule has 0 saturated carbocycles. The fourth-order valence-electron chi connectivity index (χ4n) is 2.13. The van der Waals surface area contributed by atoms with Crippen LogP contribution in [0.25, 0.3) is 10.8 Å². The third-order valence-corrected chi connectivity index (χ3v) is 2.91. The first-order valence-electron chi connectivity index (χ1n) is 5.21. The minimum Gasteiger partial charge on any atom is -0.501 e. The Balaban J connectivity index is 2.21. The Labute approximate surface area is 89.0 Å². The zero-order chi connectivity index (χ0) is 10.1. The Bertz CT molecular complexity index is 508. The van der Waals surface area contributed by atoms with Gasteiger partial charge in [0.25, 0.3) is 0 Å². The monoisotopic (exact) mass is 196 g/mol. The van der Waals surface area contributed by atoms with E-state index in [0.29, 0.717) is 5.92 Å². The highest BCUT2D eigenvalue weighted by Crippen LogP contribution is 2.29. The van der Waals surface area contributed by atoms with Crippen LogP contribution in [0, 0.1) is 0 Å². The Morgan fingerprint density at radius 2 is 1.87 bits per heavy atom. The molecule has 74 valence electrons. The van der Waals surface area contributed by atoms with Crippen LogP contribution in [0.4, 0.5) is 0 Å². The second kappa shape index (κ2) is 3.43. The molecule has 0 aliphatic carbocycles. The van der Waals surface area contributed by atoms with Crippen LogP contribution in [-0.2, 0) is 4.74 Å². The van der Waals surface area contributed by atoms with Crippen LogP contribution >= 0.6 is 0 Å². The lowest BCUT2D eigenvalue weighted by Crippen LogP contribution is -1.98. The lowest BCUT2D eigenvalue weighted by atomic mass is 9.95. The van der Waals surface area contributed by atoms with E-state index in [1.54, 1.807) is 6.26 Å². The number of hydrogen-bond acceptors (Lipinski definition) is 1. The molecule has 1 unspecified atom stereocenters. The van der Waals surface area contributed by atoms with Gasteiger partial charge in [-0.15, -0.1) is 0 Å². The fraction of sp³-hybridized carbons (Fsp3) is 0.143. The Morgan fingerprint density at radius 1 is 1.00 bits per heavy atom. The molecule has 0 bridgehead atoms. The van der Waals surface area contributed by atoms with Gasteiger partial charge < -0.3 is 4.74 Å². The smallest absolute Gasteiger partial charge is 0.0977 e. The molecule has 1 heteroatoms. The van der Waals surface area contributed by atoms with Crippen LogP contribution in [-0.4, -0.2) is 6.61 Å². The quantitative estimate of drug-likeness (QED) is 0.678. The summed E-state index contributed by atoms with van der Waals surface area (Å²) in [7, 11) is 0. The SMILES string of the molecule is C1=CC(c2cccc3ccccc23)CO1. The van der Waals surface area contributed by atoms with Gasteiger partial charge in [0.15, 0.2) is 0 Å². The first-order valence-corrected chi connectivity index (χ1v) is 5.21. The van der Waals surface area contributed by atoms with Crippen LogP contribution in [0.2, 0.25) is 0 Å². The summed E-state index contributed by atoms with van der Waals surface area (Å²) in [4.78, 5) is 0. The Kier molecular flexibility index (Phi) is 1.95. The molecule has 0 fully saturated rings. The van der Waals surface area contributed by atoms with Crippen LogP contribution < -0.4 is 0 Å². The summed E-state index contributed by atoms with van der Waals surface area (Å²) in [5, 5.41) is 2.63. The van der Waals surface area contributed by atoms with E-state index in [0.717, 1.165) is 6.61 Å². The highest BCUT2D eigenvalue weighted by atomic mass is 16.5. The lowest BCUT2D eigenvalue weighted by molar-refractivity contribution is 0.270. The molecule has 2 aromatic rings. The van der Waals surface area contributed by atoms with E-state index in [-0.39, 0.29) is 0 Å². The number of ether oxygens (including phenoxy) is 1. The van der Waals surface area contributed by atoms with Gasteiger partial charge in [-0.1, -0.05) is 42.5 Å². The molecule has 1 atom stereocenters. The van der Waals surface area contributed by atoms with Crippen LogP contribution in [0.5, 0.6) is 0 Å². The van der Waals surface area contributed by atoms with Crippen molar-refractivity contribution >= 4 is 10.8 Å². The van der Waals surface area contributed by atoms with Crippen molar-refractivity contribution in [2.45, 2.75) is 5.92 Å². The molecule has 0 amide bonds. The molecule has 2 aromatic carbocycles. The molecular formula is C14H12O. The van der Waals surface area contributed by atoms with Gasteiger partial charge in [0, 0.05) is 5.92 Å². The highest BCUT2D eigenvalue weighted by molar-refractivity contribution is 5.86. The standard InChI is InChI=1S/C14H12O/c1-2-6-13-11(4-1)5-3-7-14(13)12-8-9-15-10-12/h1-9,12H,10H2. The van der Waals surface area contributed by atoms with Gasteiger partial charge in [-0.05, 0) is 22.4 Å². The van der Waals surface area contributed by atoms with Gasteiger partial charge in [0.1, 0.15) is 0 Å². The molecule has 15 heavy (non-hydrogen) atoms. The zero-order valence-corrected chi connectivity index (χ0v) is 8.39. The molecule has 0 radical (unpaired) electrons. The van der Waals surface area contributed by atoms with E-state index in [9.17, 15) is 0 Å². The predicted molar refractivity (Wildman–Crippen MR) is 61.8 cm³/mol. The second-order valence-corrected chi connectivity index (χ2v) is 3.84. The number of hydrogen-bond donors (Lipinski definition) is 0. The minimum atomic E-state index is 0.413. The van der Waals surface area contributed by atoms with E-state index in [1.807, 2.05) is 0 Å². The van der Waals surface area contributed by atoms with Crippen LogP contribution in [0.3, 0.4) is 0 Å². The van der Waals surface area contributed by atoms with Crippen molar-refractivity contribution in [2.75, 3.05) is 6.61 Å².